The molecule has 1 N–H and O–H groups in total. The highest BCUT2D eigenvalue weighted by Gasteiger charge is 2.24. The van der Waals surface area contributed by atoms with Crippen molar-refractivity contribution in [2.24, 2.45) is 11.3 Å². The van der Waals surface area contributed by atoms with E-state index in [1.807, 2.05) is 69.8 Å². The Morgan fingerprint density at radius 3 is 2.11 bits per heavy atom. The summed E-state index contributed by atoms with van der Waals surface area (Å²) in [6.45, 7) is 14.6. The summed E-state index contributed by atoms with van der Waals surface area (Å²) in [5.41, 5.74) is 2.78. The first-order valence-corrected chi connectivity index (χ1v) is 9.72. The monoisotopic (exact) mass is 375 g/mol. The molecule has 0 saturated heterocycles. The topological polar surface area (TPSA) is 52.7 Å². The summed E-state index contributed by atoms with van der Waals surface area (Å²) in [4.78, 5) is 28.9. The minimum Gasteiger partial charge on any atom is -0.377 e. The van der Waals surface area contributed by atoms with Crippen LogP contribution in [0.4, 0.5) is 11.4 Å². The SMILES string of the molecule is CC(C)C(=O)Nc1ccc(N(C)C)c(CN(C(=O)CC(C)(C)C)C(C)C)c1. The molecule has 5 nitrogen and oxygen atoms in total. The molecule has 0 heterocycles. The Morgan fingerprint density at radius 2 is 1.67 bits per heavy atom. The summed E-state index contributed by atoms with van der Waals surface area (Å²) in [7, 11) is 3.98. The summed E-state index contributed by atoms with van der Waals surface area (Å²) in [6.07, 6.45) is 0.506. The summed E-state index contributed by atoms with van der Waals surface area (Å²) in [5.74, 6) is 0.0596. The largest absolute Gasteiger partial charge is 0.377 e. The van der Waals surface area contributed by atoms with Crippen molar-refractivity contribution in [3.63, 3.8) is 0 Å². The minimum absolute atomic E-state index is 0.0110. The molecule has 152 valence electrons. The number of hydrogen-bond acceptors (Lipinski definition) is 3. The van der Waals surface area contributed by atoms with Crippen LogP contribution in [0.25, 0.3) is 0 Å². The molecule has 0 aliphatic rings. The van der Waals surface area contributed by atoms with Crippen LogP contribution in [-0.4, -0.2) is 36.9 Å². The van der Waals surface area contributed by atoms with E-state index in [0.29, 0.717) is 13.0 Å². The van der Waals surface area contributed by atoms with Crippen molar-refractivity contribution < 1.29 is 9.59 Å². The van der Waals surface area contributed by atoms with Crippen molar-refractivity contribution in [2.45, 2.75) is 67.5 Å². The Morgan fingerprint density at radius 1 is 1.07 bits per heavy atom. The highest BCUT2D eigenvalue weighted by atomic mass is 16.2. The molecule has 0 bridgehead atoms. The Labute approximate surface area is 165 Å². The van der Waals surface area contributed by atoms with E-state index in [1.165, 1.54) is 0 Å². The predicted octanol–water partition coefficient (Wildman–Crippen LogP) is 4.52. The standard InChI is InChI=1S/C22H37N3O2/c1-15(2)21(27)23-18-10-11-19(24(8)9)17(12-18)14-25(16(3)4)20(26)13-22(5,6)7/h10-12,15-16H,13-14H2,1-9H3,(H,23,27). The number of benzene rings is 1. The second-order valence-corrected chi connectivity index (χ2v) is 9.23. The van der Waals surface area contributed by atoms with Crippen LogP contribution in [0.2, 0.25) is 0 Å². The number of anilines is 2. The molecule has 27 heavy (non-hydrogen) atoms. The lowest BCUT2D eigenvalue weighted by molar-refractivity contribution is -0.135. The van der Waals surface area contributed by atoms with Gasteiger partial charge in [-0.05, 0) is 43.0 Å². The van der Waals surface area contributed by atoms with Gasteiger partial charge in [-0.2, -0.15) is 0 Å². The number of nitrogens with zero attached hydrogens (tertiary/aromatic N) is 2. The van der Waals surface area contributed by atoms with Gasteiger partial charge in [0.15, 0.2) is 0 Å². The van der Waals surface area contributed by atoms with Crippen molar-refractivity contribution in [1.29, 1.82) is 0 Å². The molecular formula is C22H37N3O2. The zero-order chi connectivity index (χ0) is 20.9. The van der Waals surface area contributed by atoms with Gasteiger partial charge in [0.2, 0.25) is 11.8 Å². The third kappa shape index (κ3) is 7.24. The number of amides is 2. The van der Waals surface area contributed by atoms with E-state index in [2.05, 4.69) is 26.1 Å². The second-order valence-electron chi connectivity index (χ2n) is 9.23. The smallest absolute Gasteiger partial charge is 0.226 e. The molecule has 0 unspecified atom stereocenters. The van der Waals surface area contributed by atoms with Gasteiger partial charge in [0, 0.05) is 50.4 Å². The van der Waals surface area contributed by atoms with Gasteiger partial charge in [0.25, 0.3) is 0 Å². The predicted molar refractivity (Wildman–Crippen MR) is 114 cm³/mol. The fraction of sp³-hybridized carbons (Fsp3) is 0.636. The van der Waals surface area contributed by atoms with Gasteiger partial charge in [0.1, 0.15) is 0 Å². The van der Waals surface area contributed by atoms with Gasteiger partial charge in [-0.1, -0.05) is 34.6 Å². The lowest BCUT2D eigenvalue weighted by atomic mass is 9.91. The van der Waals surface area contributed by atoms with E-state index in [9.17, 15) is 9.59 Å². The fourth-order valence-corrected chi connectivity index (χ4v) is 2.81. The maximum atomic E-state index is 12.9. The van der Waals surface area contributed by atoms with E-state index >= 15 is 0 Å². The van der Waals surface area contributed by atoms with Crippen molar-refractivity contribution in [3.8, 4) is 0 Å². The lowest BCUT2D eigenvalue weighted by Crippen LogP contribution is -2.38. The van der Waals surface area contributed by atoms with Crippen LogP contribution in [0.5, 0.6) is 0 Å². The first kappa shape index (κ1) is 23.0. The Balaban J connectivity index is 3.18. The van der Waals surface area contributed by atoms with Gasteiger partial charge in [-0.3, -0.25) is 9.59 Å². The Kier molecular flexibility index (Phi) is 7.88. The van der Waals surface area contributed by atoms with Gasteiger partial charge < -0.3 is 15.1 Å². The van der Waals surface area contributed by atoms with Crippen LogP contribution in [0.1, 0.15) is 60.5 Å². The molecule has 0 aromatic heterocycles. The molecule has 2 amide bonds. The molecule has 0 atom stereocenters. The average Bonchev–Trinajstić information content (AvgIpc) is 2.50. The van der Waals surface area contributed by atoms with Gasteiger partial charge >= 0.3 is 0 Å². The molecule has 1 rings (SSSR count). The number of rotatable bonds is 7. The third-order valence-electron chi connectivity index (χ3n) is 4.32. The normalized spacial score (nSPS) is 11.7. The van der Waals surface area contributed by atoms with Crippen LogP contribution in [0.3, 0.4) is 0 Å². The first-order chi connectivity index (χ1) is 12.3. The van der Waals surface area contributed by atoms with E-state index in [4.69, 9.17) is 0 Å². The fourth-order valence-electron chi connectivity index (χ4n) is 2.81. The van der Waals surface area contributed by atoms with E-state index in [0.717, 1.165) is 16.9 Å². The number of carbonyl (C=O) groups excluding carboxylic acids is 2. The van der Waals surface area contributed by atoms with Crippen LogP contribution in [-0.2, 0) is 16.1 Å². The van der Waals surface area contributed by atoms with Crippen molar-refractivity contribution >= 4 is 23.2 Å². The third-order valence-corrected chi connectivity index (χ3v) is 4.32. The number of hydrogen-bond donors (Lipinski definition) is 1. The van der Waals surface area contributed by atoms with Gasteiger partial charge in [-0.25, -0.2) is 0 Å². The van der Waals surface area contributed by atoms with Crippen molar-refractivity contribution in [2.75, 3.05) is 24.3 Å². The highest BCUT2D eigenvalue weighted by Crippen LogP contribution is 2.27. The summed E-state index contributed by atoms with van der Waals surface area (Å²) < 4.78 is 0. The van der Waals surface area contributed by atoms with Crippen LogP contribution in [0, 0.1) is 11.3 Å². The van der Waals surface area contributed by atoms with Crippen LogP contribution in [0.15, 0.2) is 18.2 Å². The molecule has 0 aliphatic heterocycles. The zero-order valence-electron chi connectivity index (χ0n) is 18.5. The first-order valence-electron chi connectivity index (χ1n) is 9.72. The molecule has 1 aromatic rings. The van der Waals surface area contributed by atoms with Crippen molar-refractivity contribution in [1.82, 2.24) is 4.90 Å². The van der Waals surface area contributed by atoms with Crippen LogP contribution < -0.4 is 10.2 Å². The zero-order valence-corrected chi connectivity index (χ0v) is 18.5. The minimum atomic E-state index is -0.0810. The summed E-state index contributed by atoms with van der Waals surface area (Å²) in [5, 5.41) is 2.96. The summed E-state index contributed by atoms with van der Waals surface area (Å²) in [6, 6.07) is 5.99. The number of carbonyl (C=O) groups is 2. The Hall–Kier alpha value is -2.04. The maximum absolute atomic E-state index is 12.9. The summed E-state index contributed by atoms with van der Waals surface area (Å²) >= 11 is 0. The van der Waals surface area contributed by atoms with E-state index in [-0.39, 0.29) is 29.2 Å². The molecular weight excluding hydrogens is 338 g/mol. The van der Waals surface area contributed by atoms with E-state index in [1.54, 1.807) is 0 Å². The molecule has 0 aliphatic carbocycles. The molecule has 0 radical (unpaired) electrons. The van der Waals surface area contributed by atoms with Gasteiger partial charge in [0.05, 0.1) is 0 Å². The molecule has 0 spiro atoms. The lowest BCUT2D eigenvalue weighted by Gasteiger charge is -2.31. The average molecular weight is 376 g/mol. The molecule has 5 heteroatoms. The molecule has 0 fully saturated rings. The molecule has 0 saturated carbocycles. The second kappa shape index (κ2) is 9.25. The van der Waals surface area contributed by atoms with Crippen molar-refractivity contribution in [3.05, 3.63) is 23.8 Å². The molecule has 1 aromatic carbocycles. The number of nitrogens with one attached hydrogen (secondary N) is 1. The van der Waals surface area contributed by atoms with E-state index < -0.39 is 0 Å². The highest BCUT2D eigenvalue weighted by molar-refractivity contribution is 5.92. The quantitative estimate of drug-likeness (QED) is 0.762. The maximum Gasteiger partial charge on any atom is 0.226 e. The Bertz CT molecular complexity index is 658. The van der Waals surface area contributed by atoms with Crippen LogP contribution >= 0.6 is 0 Å². The van der Waals surface area contributed by atoms with Gasteiger partial charge in [-0.15, -0.1) is 0 Å².